The third-order valence-electron chi connectivity index (χ3n) is 2.56. The SMILES string of the molecule is O=C(N/N=C/C(Cl)=C\c1ccccc1)c1ccc(Br)cc1. The molecule has 0 spiro atoms. The highest BCUT2D eigenvalue weighted by molar-refractivity contribution is 9.10. The van der Waals surface area contributed by atoms with Gasteiger partial charge in [-0.05, 0) is 35.9 Å². The van der Waals surface area contributed by atoms with Crippen LogP contribution in [0.15, 0.2) is 69.2 Å². The zero-order valence-corrected chi connectivity index (χ0v) is 13.3. The number of hydrazone groups is 1. The number of rotatable bonds is 4. The molecule has 0 aliphatic heterocycles. The second-order valence-electron chi connectivity index (χ2n) is 4.15. The van der Waals surface area contributed by atoms with E-state index in [4.69, 9.17) is 11.6 Å². The largest absolute Gasteiger partial charge is 0.271 e. The van der Waals surface area contributed by atoms with E-state index in [1.165, 1.54) is 6.21 Å². The van der Waals surface area contributed by atoms with Gasteiger partial charge in [-0.15, -0.1) is 0 Å². The van der Waals surface area contributed by atoms with Gasteiger partial charge in [0.1, 0.15) is 0 Å². The highest BCUT2D eigenvalue weighted by Gasteiger charge is 2.02. The molecule has 1 N–H and O–H groups in total. The van der Waals surface area contributed by atoms with Crippen LogP contribution >= 0.6 is 27.5 Å². The zero-order chi connectivity index (χ0) is 15.1. The molecule has 0 bridgehead atoms. The number of amides is 1. The van der Waals surface area contributed by atoms with Crippen molar-refractivity contribution < 1.29 is 4.79 Å². The molecule has 0 heterocycles. The van der Waals surface area contributed by atoms with Crippen LogP contribution in [0, 0.1) is 0 Å². The number of hydrogen-bond acceptors (Lipinski definition) is 2. The fourth-order valence-electron chi connectivity index (χ4n) is 1.56. The van der Waals surface area contributed by atoms with Gasteiger partial charge in [-0.25, -0.2) is 5.43 Å². The van der Waals surface area contributed by atoms with Crippen LogP contribution in [-0.2, 0) is 0 Å². The summed E-state index contributed by atoms with van der Waals surface area (Å²) < 4.78 is 0.913. The highest BCUT2D eigenvalue weighted by atomic mass is 79.9. The van der Waals surface area contributed by atoms with Crippen LogP contribution in [0.25, 0.3) is 6.08 Å². The van der Waals surface area contributed by atoms with Crippen molar-refractivity contribution >= 4 is 45.7 Å². The molecule has 0 aliphatic carbocycles. The second kappa shape index (κ2) is 7.76. The van der Waals surface area contributed by atoms with Gasteiger partial charge in [-0.2, -0.15) is 5.10 Å². The van der Waals surface area contributed by atoms with Gasteiger partial charge >= 0.3 is 0 Å². The molecule has 0 radical (unpaired) electrons. The minimum atomic E-state index is -0.289. The Morgan fingerprint density at radius 1 is 1.10 bits per heavy atom. The molecule has 0 aromatic heterocycles. The van der Waals surface area contributed by atoms with Gasteiger partial charge in [-0.1, -0.05) is 57.9 Å². The molecule has 106 valence electrons. The number of nitrogens with one attached hydrogen (secondary N) is 1. The van der Waals surface area contributed by atoms with Gasteiger partial charge in [0.2, 0.25) is 0 Å². The predicted molar refractivity (Wildman–Crippen MR) is 90.4 cm³/mol. The van der Waals surface area contributed by atoms with Crippen molar-refractivity contribution in [2.24, 2.45) is 5.10 Å². The van der Waals surface area contributed by atoms with Crippen molar-refractivity contribution in [1.82, 2.24) is 5.43 Å². The van der Waals surface area contributed by atoms with Crippen LogP contribution in [0.5, 0.6) is 0 Å². The van der Waals surface area contributed by atoms with Crippen molar-refractivity contribution in [3.8, 4) is 0 Å². The molecule has 0 fully saturated rings. The Morgan fingerprint density at radius 2 is 1.76 bits per heavy atom. The Morgan fingerprint density at radius 3 is 2.43 bits per heavy atom. The van der Waals surface area contributed by atoms with E-state index >= 15 is 0 Å². The number of hydrogen-bond donors (Lipinski definition) is 1. The Kier molecular flexibility index (Phi) is 5.72. The summed E-state index contributed by atoms with van der Waals surface area (Å²) in [6.07, 6.45) is 3.15. The molecule has 0 unspecified atom stereocenters. The van der Waals surface area contributed by atoms with Gasteiger partial charge in [0.25, 0.3) is 5.91 Å². The number of benzene rings is 2. The van der Waals surface area contributed by atoms with Gasteiger partial charge in [0, 0.05) is 10.0 Å². The van der Waals surface area contributed by atoms with Crippen molar-refractivity contribution in [3.63, 3.8) is 0 Å². The molecule has 0 atom stereocenters. The summed E-state index contributed by atoms with van der Waals surface area (Å²) >= 11 is 9.33. The Balaban J connectivity index is 1.94. The van der Waals surface area contributed by atoms with Crippen LogP contribution < -0.4 is 5.43 Å². The summed E-state index contributed by atoms with van der Waals surface area (Å²) in [5.41, 5.74) is 3.92. The Bertz CT molecular complexity index is 666. The topological polar surface area (TPSA) is 41.5 Å². The summed E-state index contributed by atoms with van der Waals surface area (Å²) in [5, 5.41) is 4.26. The lowest BCUT2D eigenvalue weighted by Gasteiger charge is -1.99. The molecule has 2 rings (SSSR count). The minimum Gasteiger partial charge on any atom is -0.267 e. The zero-order valence-electron chi connectivity index (χ0n) is 11.0. The van der Waals surface area contributed by atoms with E-state index in [1.807, 2.05) is 30.3 Å². The minimum absolute atomic E-state index is 0.289. The van der Waals surface area contributed by atoms with Gasteiger partial charge in [0.05, 0.1) is 11.2 Å². The first kappa shape index (κ1) is 15.5. The molecular weight excluding hydrogens is 352 g/mol. The van der Waals surface area contributed by atoms with E-state index in [2.05, 4.69) is 26.5 Å². The summed E-state index contributed by atoms with van der Waals surface area (Å²) in [6.45, 7) is 0. The van der Waals surface area contributed by atoms with E-state index in [-0.39, 0.29) is 5.91 Å². The molecule has 5 heteroatoms. The summed E-state index contributed by atoms with van der Waals surface area (Å²) in [5.74, 6) is -0.289. The lowest BCUT2D eigenvalue weighted by molar-refractivity contribution is 0.0955. The predicted octanol–water partition coefficient (Wildman–Crippen LogP) is 4.44. The molecule has 2 aromatic carbocycles. The Labute approximate surface area is 136 Å². The molecule has 2 aromatic rings. The number of allylic oxidation sites excluding steroid dienone is 1. The standard InChI is InChI=1S/C16H12BrClN2O/c17-14-8-6-13(7-9-14)16(21)20-19-11-15(18)10-12-4-2-1-3-5-12/h1-11H,(H,20,21)/b15-10+,19-11+. The summed E-state index contributed by atoms with van der Waals surface area (Å²) in [4.78, 5) is 11.8. The molecular formula is C16H12BrClN2O. The average Bonchev–Trinajstić information content (AvgIpc) is 2.49. The van der Waals surface area contributed by atoms with Crippen LogP contribution in [0.4, 0.5) is 0 Å². The first-order valence-electron chi connectivity index (χ1n) is 6.16. The number of nitrogens with zero attached hydrogens (tertiary/aromatic N) is 1. The smallest absolute Gasteiger partial charge is 0.267 e. The van der Waals surface area contributed by atoms with Crippen LogP contribution in [0.3, 0.4) is 0 Å². The molecule has 0 aliphatic rings. The second-order valence-corrected chi connectivity index (χ2v) is 5.50. The van der Waals surface area contributed by atoms with E-state index in [0.29, 0.717) is 10.6 Å². The van der Waals surface area contributed by atoms with Gasteiger partial charge < -0.3 is 0 Å². The summed E-state index contributed by atoms with van der Waals surface area (Å²) in [7, 11) is 0. The first-order chi connectivity index (χ1) is 10.1. The van der Waals surface area contributed by atoms with Crippen molar-refractivity contribution in [3.05, 3.63) is 75.2 Å². The normalized spacial score (nSPS) is 11.6. The van der Waals surface area contributed by atoms with Crippen molar-refractivity contribution in [1.29, 1.82) is 0 Å². The average molecular weight is 364 g/mol. The lowest BCUT2D eigenvalue weighted by atomic mass is 10.2. The van der Waals surface area contributed by atoms with E-state index < -0.39 is 0 Å². The molecule has 0 saturated heterocycles. The van der Waals surface area contributed by atoms with Crippen LogP contribution in [0.2, 0.25) is 0 Å². The Hall–Kier alpha value is -1.91. The molecule has 3 nitrogen and oxygen atoms in total. The van der Waals surface area contributed by atoms with Gasteiger partial charge in [0.15, 0.2) is 0 Å². The van der Waals surface area contributed by atoms with E-state index in [9.17, 15) is 4.79 Å². The third-order valence-corrected chi connectivity index (χ3v) is 3.30. The number of halogens is 2. The fourth-order valence-corrected chi connectivity index (χ4v) is 2.00. The van der Waals surface area contributed by atoms with Crippen LogP contribution in [-0.4, -0.2) is 12.1 Å². The van der Waals surface area contributed by atoms with E-state index in [0.717, 1.165) is 10.0 Å². The fraction of sp³-hybridized carbons (Fsp3) is 0. The van der Waals surface area contributed by atoms with Crippen LogP contribution in [0.1, 0.15) is 15.9 Å². The quantitative estimate of drug-likeness (QED) is 0.633. The third kappa shape index (κ3) is 5.17. The number of carbonyl (C=O) groups excluding carboxylic acids is 1. The highest BCUT2D eigenvalue weighted by Crippen LogP contribution is 2.10. The maximum Gasteiger partial charge on any atom is 0.271 e. The summed E-state index contributed by atoms with van der Waals surface area (Å²) in [6, 6.07) is 16.6. The lowest BCUT2D eigenvalue weighted by Crippen LogP contribution is -2.17. The molecule has 21 heavy (non-hydrogen) atoms. The maximum absolute atomic E-state index is 11.8. The van der Waals surface area contributed by atoms with Crippen molar-refractivity contribution in [2.75, 3.05) is 0 Å². The first-order valence-corrected chi connectivity index (χ1v) is 7.33. The van der Waals surface area contributed by atoms with E-state index in [1.54, 1.807) is 30.3 Å². The maximum atomic E-state index is 11.8. The monoisotopic (exact) mass is 362 g/mol. The number of carbonyl (C=O) groups is 1. The van der Waals surface area contributed by atoms with Crippen molar-refractivity contribution in [2.45, 2.75) is 0 Å². The van der Waals surface area contributed by atoms with Gasteiger partial charge in [-0.3, -0.25) is 4.79 Å². The molecule has 1 amide bonds. The molecule has 0 saturated carbocycles.